The summed E-state index contributed by atoms with van der Waals surface area (Å²) in [5, 5.41) is 12.9. The molecule has 19 heavy (non-hydrogen) atoms. The number of thiazole rings is 1. The van der Waals surface area contributed by atoms with Gasteiger partial charge in [0.25, 0.3) is 0 Å². The van der Waals surface area contributed by atoms with Crippen molar-refractivity contribution in [3.8, 4) is 0 Å². The first-order chi connectivity index (χ1) is 9.13. The standard InChI is InChI=1S/C13H10ClIN2OS/c14-10-5-8(1-2-11(10)15)12(18)6-9-7-17-3-4-19-13(17)16-9/h1-5,7,12,18H,6H2. The smallest absolute Gasteiger partial charge is 0.193 e. The van der Waals surface area contributed by atoms with E-state index in [9.17, 15) is 5.11 Å². The van der Waals surface area contributed by atoms with Crippen molar-refractivity contribution < 1.29 is 5.11 Å². The molecule has 0 aliphatic carbocycles. The summed E-state index contributed by atoms with van der Waals surface area (Å²) in [4.78, 5) is 5.41. The zero-order chi connectivity index (χ0) is 13.4. The summed E-state index contributed by atoms with van der Waals surface area (Å²) in [7, 11) is 0. The average molecular weight is 405 g/mol. The Morgan fingerprint density at radius 2 is 2.32 bits per heavy atom. The van der Waals surface area contributed by atoms with Gasteiger partial charge in [-0.2, -0.15) is 0 Å². The van der Waals surface area contributed by atoms with Crippen LogP contribution in [-0.4, -0.2) is 14.5 Å². The Balaban J connectivity index is 1.82. The number of aliphatic hydroxyl groups is 1. The zero-order valence-electron chi connectivity index (χ0n) is 9.75. The van der Waals surface area contributed by atoms with Crippen molar-refractivity contribution in [3.05, 3.63) is 55.8 Å². The first-order valence-corrected chi connectivity index (χ1v) is 8.01. The third kappa shape index (κ3) is 2.79. The van der Waals surface area contributed by atoms with E-state index in [0.29, 0.717) is 11.4 Å². The molecule has 0 spiro atoms. The van der Waals surface area contributed by atoms with Crippen molar-refractivity contribution in [1.82, 2.24) is 9.38 Å². The highest BCUT2D eigenvalue weighted by atomic mass is 127. The third-order valence-corrected chi connectivity index (χ3v) is 5.22. The van der Waals surface area contributed by atoms with E-state index >= 15 is 0 Å². The van der Waals surface area contributed by atoms with E-state index in [1.54, 1.807) is 11.3 Å². The van der Waals surface area contributed by atoms with Crippen molar-refractivity contribution in [2.75, 3.05) is 0 Å². The van der Waals surface area contributed by atoms with Crippen LogP contribution in [0, 0.1) is 3.57 Å². The minimum absolute atomic E-state index is 0.491. The SMILES string of the molecule is OC(Cc1cn2ccsc2n1)c1ccc(I)c(Cl)c1. The van der Waals surface area contributed by atoms with Gasteiger partial charge in [0.15, 0.2) is 4.96 Å². The van der Waals surface area contributed by atoms with Gasteiger partial charge < -0.3 is 5.11 Å². The summed E-state index contributed by atoms with van der Waals surface area (Å²) in [6.07, 6.45) is 3.82. The lowest BCUT2D eigenvalue weighted by Gasteiger charge is -2.10. The van der Waals surface area contributed by atoms with E-state index in [0.717, 1.165) is 19.8 Å². The van der Waals surface area contributed by atoms with Gasteiger partial charge in [-0.3, -0.25) is 4.40 Å². The molecule has 0 radical (unpaired) electrons. The van der Waals surface area contributed by atoms with Gasteiger partial charge in [0.05, 0.1) is 16.8 Å². The normalized spacial score (nSPS) is 13.0. The quantitative estimate of drug-likeness (QED) is 0.672. The van der Waals surface area contributed by atoms with Crippen LogP contribution in [0.25, 0.3) is 4.96 Å². The average Bonchev–Trinajstić information content (AvgIpc) is 2.93. The summed E-state index contributed by atoms with van der Waals surface area (Å²) in [6, 6.07) is 5.62. The highest BCUT2D eigenvalue weighted by molar-refractivity contribution is 14.1. The van der Waals surface area contributed by atoms with E-state index in [1.165, 1.54) is 0 Å². The molecule has 98 valence electrons. The molecular weight excluding hydrogens is 395 g/mol. The van der Waals surface area contributed by atoms with Gasteiger partial charge in [-0.25, -0.2) is 4.98 Å². The van der Waals surface area contributed by atoms with Crippen molar-refractivity contribution in [1.29, 1.82) is 0 Å². The number of benzene rings is 1. The van der Waals surface area contributed by atoms with Gasteiger partial charge in [0.2, 0.25) is 0 Å². The van der Waals surface area contributed by atoms with Crippen molar-refractivity contribution in [3.63, 3.8) is 0 Å². The Hall–Kier alpha value is -0.630. The summed E-state index contributed by atoms with van der Waals surface area (Å²) in [5.41, 5.74) is 1.70. The molecule has 0 saturated carbocycles. The fourth-order valence-corrected chi connectivity index (χ4v) is 3.15. The number of aromatic nitrogens is 2. The number of rotatable bonds is 3. The third-order valence-electron chi connectivity index (χ3n) is 2.87. The van der Waals surface area contributed by atoms with E-state index < -0.39 is 6.10 Å². The van der Waals surface area contributed by atoms with Gasteiger partial charge >= 0.3 is 0 Å². The topological polar surface area (TPSA) is 37.5 Å². The number of fused-ring (bicyclic) bond motifs is 1. The molecular formula is C13H10ClIN2OS. The molecule has 2 heterocycles. The number of halogens is 2. The first kappa shape index (κ1) is 13.4. The molecule has 0 saturated heterocycles. The predicted octanol–water partition coefficient (Wildman–Crippen LogP) is 3.93. The number of hydrogen-bond donors (Lipinski definition) is 1. The van der Waals surface area contributed by atoms with Gasteiger partial charge in [0.1, 0.15) is 0 Å². The Morgan fingerprint density at radius 1 is 1.47 bits per heavy atom. The number of imidazole rings is 1. The van der Waals surface area contributed by atoms with Crippen LogP contribution >= 0.6 is 45.5 Å². The summed E-state index contributed by atoms with van der Waals surface area (Å²) < 4.78 is 2.95. The Morgan fingerprint density at radius 3 is 3.05 bits per heavy atom. The van der Waals surface area contributed by atoms with Crippen LogP contribution in [0.15, 0.2) is 36.0 Å². The molecule has 1 unspecified atom stereocenters. The maximum Gasteiger partial charge on any atom is 0.193 e. The van der Waals surface area contributed by atoms with Crippen LogP contribution in [0.3, 0.4) is 0 Å². The van der Waals surface area contributed by atoms with E-state index in [1.807, 2.05) is 40.4 Å². The largest absolute Gasteiger partial charge is 0.388 e. The van der Waals surface area contributed by atoms with Gasteiger partial charge in [0, 0.05) is 27.8 Å². The molecule has 6 heteroatoms. The van der Waals surface area contributed by atoms with Crippen molar-refractivity contribution in [2.45, 2.75) is 12.5 Å². The van der Waals surface area contributed by atoms with Crippen molar-refractivity contribution >= 4 is 50.5 Å². The molecule has 0 aliphatic rings. The van der Waals surface area contributed by atoms with Crippen molar-refractivity contribution in [2.24, 2.45) is 0 Å². The number of aliphatic hydroxyl groups excluding tert-OH is 1. The Labute approximate surface area is 133 Å². The van der Waals surface area contributed by atoms with Gasteiger partial charge in [-0.1, -0.05) is 17.7 Å². The number of hydrogen-bond acceptors (Lipinski definition) is 3. The summed E-state index contributed by atoms with van der Waals surface area (Å²) in [5.74, 6) is 0. The maximum atomic E-state index is 10.2. The molecule has 0 bridgehead atoms. The molecule has 3 rings (SSSR count). The molecule has 0 fully saturated rings. The second kappa shape index (κ2) is 5.40. The summed E-state index contributed by atoms with van der Waals surface area (Å²) >= 11 is 9.82. The van der Waals surface area contributed by atoms with Crippen LogP contribution in [0.5, 0.6) is 0 Å². The van der Waals surface area contributed by atoms with Crippen LogP contribution in [0.2, 0.25) is 5.02 Å². The molecule has 0 aliphatic heterocycles. The maximum absolute atomic E-state index is 10.2. The second-order valence-corrected chi connectivity index (χ2v) is 6.66. The highest BCUT2D eigenvalue weighted by Crippen LogP contribution is 2.25. The van der Waals surface area contributed by atoms with Gasteiger partial charge in [-0.05, 0) is 40.3 Å². The molecule has 3 nitrogen and oxygen atoms in total. The summed E-state index contributed by atoms with van der Waals surface area (Å²) in [6.45, 7) is 0. The van der Waals surface area contributed by atoms with Gasteiger partial charge in [-0.15, -0.1) is 11.3 Å². The van der Waals surface area contributed by atoms with Crippen LogP contribution < -0.4 is 0 Å². The first-order valence-electron chi connectivity index (χ1n) is 5.67. The van der Waals surface area contributed by atoms with Crippen LogP contribution in [0.1, 0.15) is 17.4 Å². The van der Waals surface area contributed by atoms with E-state index in [4.69, 9.17) is 11.6 Å². The Kier molecular flexibility index (Phi) is 3.79. The van der Waals surface area contributed by atoms with Crippen LogP contribution in [0.4, 0.5) is 0 Å². The molecule has 2 aromatic heterocycles. The lowest BCUT2D eigenvalue weighted by atomic mass is 10.1. The lowest BCUT2D eigenvalue weighted by molar-refractivity contribution is 0.177. The highest BCUT2D eigenvalue weighted by Gasteiger charge is 2.13. The second-order valence-electron chi connectivity index (χ2n) is 4.22. The van der Waals surface area contributed by atoms with Crippen LogP contribution in [-0.2, 0) is 6.42 Å². The fraction of sp³-hybridized carbons (Fsp3) is 0.154. The fourth-order valence-electron chi connectivity index (χ4n) is 1.91. The van der Waals surface area contributed by atoms with E-state index in [-0.39, 0.29) is 0 Å². The lowest BCUT2D eigenvalue weighted by Crippen LogP contribution is -2.02. The predicted molar refractivity (Wildman–Crippen MR) is 85.9 cm³/mol. The number of nitrogens with zero attached hydrogens (tertiary/aromatic N) is 2. The molecule has 1 atom stereocenters. The molecule has 1 aromatic carbocycles. The Bertz CT molecular complexity index is 696. The monoisotopic (exact) mass is 404 g/mol. The molecule has 0 amide bonds. The minimum atomic E-state index is -0.584. The minimum Gasteiger partial charge on any atom is -0.388 e. The zero-order valence-corrected chi connectivity index (χ0v) is 13.5. The van der Waals surface area contributed by atoms with E-state index in [2.05, 4.69) is 27.6 Å². The molecule has 3 aromatic rings. The molecule has 1 N–H and O–H groups in total.